The molecule has 5 N–H and O–H groups in total. The Morgan fingerprint density at radius 2 is 1.07 bits per heavy atom. The van der Waals surface area contributed by atoms with Gasteiger partial charge in [0, 0.05) is 0 Å². The maximum absolute atomic E-state index is 11.9. The predicted molar refractivity (Wildman–Crippen MR) is 126 cm³/mol. The molecule has 5 nitrogen and oxygen atoms in total. The zero-order valence-electron chi connectivity index (χ0n) is 19.3. The summed E-state index contributed by atoms with van der Waals surface area (Å²) < 4.78 is 33.4. The summed E-state index contributed by atoms with van der Waals surface area (Å²) in [6.07, 6.45) is 17.5. The van der Waals surface area contributed by atoms with E-state index < -0.39 is 10.1 Å². The summed E-state index contributed by atoms with van der Waals surface area (Å²) in [6.45, 7) is 4.41. The molecule has 0 spiro atoms. The Hall–Kier alpha value is -1.11. The molecule has 0 atom stereocenters. The first-order chi connectivity index (χ1) is 13.9. The number of hydrogen-bond acceptors (Lipinski definition) is 4. The van der Waals surface area contributed by atoms with Crippen molar-refractivity contribution in [3.05, 3.63) is 23.3 Å². The van der Waals surface area contributed by atoms with E-state index in [-0.39, 0.29) is 16.8 Å². The summed E-state index contributed by atoms with van der Waals surface area (Å²) in [5.74, 6) is 0.154. The minimum Gasteiger partial charge on any atom is -0.508 e. The first-order valence-electron chi connectivity index (χ1n) is 11.7. The van der Waals surface area contributed by atoms with Crippen molar-refractivity contribution >= 4 is 10.1 Å². The van der Waals surface area contributed by atoms with E-state index in [0.717, 1.165) is 32.1 Å². The van der Waals surface area contributed by atoms with Gasteiger partial charge >= 0.3 is 0 Å². The van der Waals surface area contributed by atoms with Crippen molar-refractivity contribution < 1.29 is 18.1 Å². The molecule has 0 aromatic heterocycles. The van der Waals surface area contributed by atoms with Crippen molar-refractivity contribution in [3.8, 4) is 5.75 Å². The van der Waals surface area contributed by atoms with Crippen LogP contribution in [0.1, 0.15) is 115 Å². The van der Waals surface area contributed by atoms with Crippen LogP contribution in [0.2, 0.25) is 0 Å². The van der Waals surface area contributed by atoms with Crippen LogP contribution in [0.5, 0.6) is 5.75 Å². The van der Waals surface area contributed by atoms with E-state index in [2.05, 4.69) is 13.8 Å². The number of aromatic hydroxyl groups is 1. The lowest BCUT2D eigenvalue weighted by atomic mass is 9.95. The Kier molecular flexibility index (Phi) is 16.0. The fourth-order valence-corrected chi connectivity index (χ4v) is 4.75. The van der Waals surface area contributed by atoms with Gasteiger partial charge in [0.2, 0.25) is 0 Å². The van der Waals surface area contributed by atoms with Crippen LogP contribution < -0.4 is 6.15 Å². The van der Waals surface area contributed by atoms with Gasteiger partial charge in [-0.05, 0) is 48.9 Å². The van der Waals surface area contributed by atoms with E-state index in [1.54, 1.807) is 0 Å². The molecular formula is C24H45NO4S. The van der Waals surface area contributed by atoms with Gasteiger partial charge in [0.05, 0.1) is 4.90 Å². The monoisotopic (exact) mass is 443 g/mol. The maximum atomic E-state index is 11.9. The predicted octanol–water partition coefficient (Wildman–Crippen LogP) is 7.39. The summed E-state index contributed by atoms with van der Waals surface area (Å²) >= 11 is 0. The molecule has 1 aromatic rings. The standard InChI is InChI=1S/C24H42O4S.H3N/c1-3-5-7-9-11-13-15-17-21-22(18-16-14-12-10-8-6-4-2)24(29(26,27)28)20-19-23(21)25;/h19-20,25H,3-18H2,1-2H3,(H,26,27,28);1H3. The summed E-state index contributed by atoms with van der Waals surface area (Å²) in [7, 11) is -4.28. The van der Waals surface area contributed by atoms with Crippen molar-refractivity contribution in [2.75, 3.05) is 0 Å². The molecule has 0 aliphatic rings. The molecule has 0 heterocycles. The van der Waals surface area contributed by atoms with Crippen LogP contribution in [0, 0.1) is 0 Å². The average Bonchev–Trinajstić information content (AvgIpc) is 2.67. The van der Waals surface area contributed by atoms with Crippen molar-refractivity contribution in [3.63, 3.8) is 0 Å². The van der Waals surface area contributed by atoms with Crippen LogP contribution in [0.15, 0.2) is 17.0 Å². The number of unbranched alkanes of at least 4 members (excludes halogenated alkanes) is 12. The molecule has 1 aromatic carbocycles. The van der Waals surface area contributed by atoms with Gasteiger partial charge < -0.3 is 11.3 Å². The summed E-state index contributed by atoms with van der Waals surface area (Å²) in [5.41, 5.74) is 1.33. The normalized spacial score (nSPS) is 11.4. The Bertz CT molecular complexity index is 674. The maximum Gasteiger partial charge on any atom is 0.294 e. The summed E-state index contributed by atoms with van der Waals surface area (Å²) in [4.78, 5) is -0.0285. The van der Waals surface area contributed by atoms with Crippen LogP contribution >= 0.6 is 0 Å². The van der Waals surface area contributed by atoms with Crippen LogP contribution in [-0.2, 0) is 23.0 Å². The fourth-order valence-electron chi connectivity index (χ4n) is 3.97. The average molecular weight is 444 g/mol. The number of phenolic OH excluding ortho intramolecular Hbond substituents is 1. The van der Waals surface area contributed by atoms with Crippen LogP contribution in [0.3, 0.4) is 0 Å². The molecule has 0 fully saturated rings. The Balaban J connectivity index is 0.00000841. The molecule has 6 heteroatoms. The highest BCUT2D eigenvalue weighted by Crippen LogP contribution is 2.31. The molecule has 0 unspecified atom stereocenters. The van der Waals surface area contributed by atoms with Gasteiger partial charge in [-0.2, -0.15) is 8.42 Å². The topological polar surface area (TPSA) is 110 Å². The highest BCUT2D eigenvalue weighted by molar-refractivity contribution is 7.85. The van der Waals surface area contributed by atoms with Gasteiger partial charge in [0.1, 0.15) is 5.75 Å². The molecule has 176 valence electrons. The highest BCUT2D eigenvalue weighted by Gasteiger charge is 2.20. The molecule has 30 heavy (non-hydrogen) atoms. The van der Waals surface area contributed by atoms with E-state index in [0.29, 0.717) is 24.0 Å². The largest absolute Gasteiger partial charge is 0.508 e. The van der Waals surface area contributed by atoms with Crippen LogP contribution in [0.25, 0.3) is 0 Å². The van der Waals surface area contributed by atoms with E-state index >= 15 is 0 Å². The van der Waals surface area contributed by atoms with E-state index in [1.807, 2.05) is 0 Å². The van der Waals surface area contributed by atoms with Gasteiger partial charge in [0.15, 0.2) is 0 Å². The van der Waals surface area contributed by atoms with Crippen LogP contribution in [-0.4, -0.2) is 18.1 Å². The van der Waals surface area contributed by atoms with Gasteiger partial charge in [-0.15, -0.1) is 0 Å². The summed E-state index contributed by atoms with van der Waals surface area (Å²) in [6, 6.07) is 2.75. The van der Waals surface area contributed by atoms with Gasteiger partial charge in [0.25, 0.3) is 10.1 Å². The second kappa shape index (κ2) is 16.6. The Labute approximate surface area is 185 Å². The number of rotatable bonds is 17. The van der Waals surface area contributed by atoms with Crippen molar-refractivity contribution in [1.82, 2.24) is 6.15 Å². The third-order valence-electron chi connectivity index (χ3n) is 5.70. The van der Waals surface area contributed by atoms with E-state index in [9.17, 15) is 18.1 Å². The first kappa shape index (κ1) is 28.9. The third-order valence-corrected chi connectivity index (χ3v) is 6.64. The fraction of sp³-hybridized carbons (Fsp3) is 0.750. The molecule has 0 saturated heterocycles. The molecule has 1 rings (SSSR count). The zero-order chi connectivity index (χ0) is 21.5. The van der Waals surface area contributed by atoms with Crippen molar-refractivity contribution in [1.29, 1.82) is 0 Å². The van der Waals surface area contributed by atoms with Crippen molar-refractivity contribution in [2.24, 2.45) is 0 Å². The number of hydrogen-bond donors (Lipinski definition) is 3. The molecule has 0 aliphatic carbocycles. The number of phenols is 1. The van der Waals surface area contributed by atoms with Crippen LogP contribution in [0.4, 0.5) is 0 Å². The minimum absolute atomic E-state index is 0. The molecule has 0 saturated carbocycles. The quantitative estimate of drug-likeness (QED) is 0.172. The lowest BCUT2D eigenvalue weighted by molar-refractivity contribution is 0.460. The second-order valence-corrected chi connectivity index (χ2v) is 9.65. The smallest absolute Gasteiger partial charge is 0.294 e. The van der Waals surface area contributed by atoms with Gasteiger partial charge in [-0.25, -0.2) is 0 Å². The number of benzene rings is 1. The second-order valence-electron chi connectivity index (χ2n) is 8.26. The Morgan fingerprint density at radius 3 is 1.50 bits per heavy atom. The molecule has 0 radical (unpaired) electrons. The van der Waals surface area contributed by atoms with Gasteiger partial charge in [-0.3, -0.25) is 4.55 Å². The lowest BCUT2D eigenvalue weighted by Gasteiger charge is -2.15. The molecule has 0 bridgehead atoms. The lowest BCUT2D eigenvalue weighted by Crippen LogP contribution is -2.07. The minimum atomic E-state index is -4.28. The zero-order valence-corrected chi connectivity index (χ0v) is 20.1. The third kappa shape index (κ3) is 11.3. The molecular weight excluding hydrogens is 398 g/mol. The first-order valence-corrected chi connectivity index (χ1v) is 13.2. The van der Waals surface area contributed by atoms with Crippen molar-refractivity contribution in [2.45, 2.75) is 121 Å². The Morgan fingerprint density at radius 1 is 0.667 bits per heavy atom. The summed E-state index contributed by atoms with van der Waals surface area (Å²) in [5, 5.41) is 10.4. The van der Waals surface area contributed by atoms with E-state index in [4.69, 9.17) is 0 Å². The van der Waals surface area contributed by atoms with Gasteiger partial charge in [-0.1, -0.05) is 90.9 Å². The highest BCUT2D eigenvalue weighted by atomic mass is 32.2. The molecule has 0 amide bonds. The SMILES string of the molecule is CCCCCCCCCc1c(O)ccc(S(=O)(=O)O)c1CCCCCCCCC.N. The van der Waals surface area contributed by atoms with E-state index in [1.165, 1.54) is 69.9 Å². The molecule has 0 aliphatic heterocycles.